The first-order valence-electron chi connectivity index (χ1n) is 9.35. The lowest BCUT2D eigenvalue weighted by atomic mass is 9.84. The summed E-state index contributed by atoms with van der Waals surface area (Å²) < 4.78 is 28.4. The van der Waals surface area contributed by atoms with Crippen LogP contribution < -0.4 is 0 Å². The summed E-state index contributed by atoms with van der Waals surface area (Å²) >= 11 is 0. The molecule has 0 spiro atoms. The van der Waals surface area contributed by atoms with Gasteiger partial charge < -0.3 is 5.11 Å². The number of aryl methyl sites for hydroxylation is 1. The predicted octanol–water partition coefficient (Wildman–Crippen LogP) is 3.90. The van der Waals surface area contributed by atoms with E-state index in [-0.39, 0.29) is 17.4 Å². The van der Waals surface area contributed by atoms with E-state index >= 15 is 0 Å². The monoisotopic (exact) mass is 385 g/mol. The van der Waals surface area contributed by atoms with Crippen LogP contribution in [0.1, 0.15) is 30.4 Å². The van der Waals surface area contributed by atoms with Crippen LogP contribution in [0, 0.1) is 12.8 Å². The van der Waals surface area contributed by atoms with Crippen molar-refractivity contribution in [2.75, 3.05) is 0 Å². The van der Waals surface area contributed by atoms with Crippen LogP contribution in [-0.2, 0) is 16.6 Å². The van der Waals surface area contributed by atoms with Crippen molar-refractivity contribution in [3.05, 3.63) is 78.4 Å². The molecule has 4 nitrogen and oxygen atoms in total. The highest BCUT2D eigenvalue weighted by atomic mass is 32.2. The first kappa shape index (κ1) is 19.8. The molecule has 0 aromatic heterocycles. The molecule has 0 unspecified atom stereocenters. The van der Waals surface area contributed by atoms with Gasteiger partial charge in [-0.3, -0.25) is 0 Å². The first-order chi connectivity index (χ1) is 12.9. The molecule has 0 radical (unpaired) electrons. The third-order valence-electron chi connectivity index (χ3n) is 5.33. The van der Waals surface area contributed by atoms with E-state index in [1.54, 1.807) is 24.3 Å². The van der Waals surface area contributed by atoms with Crippen LogP contribution in [0.2, 0.25) is 0 Å². The Morgan fingerprint density at radius 1 is 1.11 bits per heavy atom. The van der Waals surface area contributed by atoms with E-state index in [4.69, 9.17) is 0 Å². The fraction of sp³-hybridized carbons (Fsp3) is 0.364. The van der Waals surface area contributed by atoms with Crippen molar-refractivity contribution in [2.45, 2.75) is 49.8 Å². The molecular formula is C22H27NO3S. The van der Waals surface area contributed by atoms with E-state index in [2.05, 4.69) is 6.58 Å². The number of hydrogen-bond acceptors (Lipinski definition) is 3. The van der Waals surface area contributed by atoms with Gasteiger partial charge in [0.25, 0.3) is 0 Å². The van der Waals surface area contributed by atoms with Crippen molar-refractivity contribution in [1.29, 1.82) is 0 Å². The second-order valence-corrected chi connectivity index (χ2v) is 9.18. The SMILES string of the molecule is C=C[C@H]1CC[C@H](N(Cc2ccccc2)S(=O)(=O)c2ccc(C)cc2)[C@@H](O)C1. The molecule has 1 N–H and O–H groups in total. The Kier molecular flexibility index (Phi) is 6.15. The summed E-state index contributed by atoms with van der Waals surface area (Å²) in [5.74, 6) is 0.233. The fourth-order valence-corrected chi connectivity index (χ4v) is 5.37. The van der Waals surface area contributed by atoms with Crippen molar-refractivity contribution in [1.82, 2.24) is 4.31 Å². The minimum absolute atomic E-state index is 0.233. The van der Waals surface area contributed by atoms with E-state index in [1.807, 2.05) is 43.3 Å². The molecule has 1 aliphatic carbocycles. The number of nitrogens with zero attached hydrogens (tertiary/aromatic N) is 1. The molecule has 1 aliphatic rings. The average Bonchev–Trinajstić information content (AvgIpc) is 2.67. The summed E-state index contributed by atoms with van der Waals surface area (Å²) in [6, 6.07) is 16.0. The normalized spacial score (nSPS) is 23.3. The molecule has 1 fully saturated rings. The van der Waals surface area contributed by atoms with E-state index in [0.717, 1.165) is 17.5 Å². The second kappa shape index (κ2) is 8.38. The van der Waals surface area contributed by atoms with Crippen LogP contribution in [0.4, 0.5) is 0 Å². The zero-order valence-electron chi connectivity index (χ0n) is 15.7. The quantitative estimate of drug-likeness (QED) is 0.767. The van der Waals surface area contributed by atoms with Crippen LogP contribution in [0.3, 0.4) is 0 Å². The summed E-state index contributed by atoms with van der Waals surface area (Å²) in [5, 5.41) is 10.7. The molecule has 27 heavy (non-hydrogen) atoms. The van der Waals surface area contributed by atoms with Crippen LogP contribution in [-0.4, -0.2) is 30.0 Å². The highest BCUT2D eigenvalue weighted by Gasteiger charge is 2.38. The number of sulfonamides is 1. The lowest BCUT2D eigenvalue weighted by molar-refractivity contribution is 0.0403. The van der Waals surface area contributed by atoms with Gasteiger partial charge in [-0.1, -0.05) is 54.1 Å². The third-order valence-corrected chi connectivity index (χ3v) is 7.22. The maximum absolute atomic E-state index is 13.4. The van der Waals surface area contributed by atoms with Gasteiger partial charge in [-0.05, 0) is 49.8 Å². The lowest BCUT2D eigenvalue weighted by Crippen LogP contribution is -2.49. The molecule has 0 saturated heterocycles. The van der Waals surface area contributed by atoms with E-state index in [1.165, 1.54) is 4.31 Å². The molecule has 0 heterocycles. The Morgan fingerprint density at radius 2 is 1.78 bits per heavy atom. The van der Waals surface area contributed by atoms with Crippen LogP contribution >= 0.6 is 0 Å². The highest BCUT2D eigenvalue weighted by Crippen LogP contribution is 2.33. The molecule has 0 bridgehead atoms. The summed E-state index contributed by atoms with van der Waals surface area (Å²) in [5.41, 5.74) is 1.92. The largest absolute Gasteiger partial charge is 0.391 e. The Labute approximate surface area is 162 Å². The van der Waals surface area contributed by atoms with E-state index in [0.29, 0.717) is 12.8 Å². The van der Waals surface area contributed by atoms with Gasteiger partial charge in [-0.15, -0.1) is 6.58 Å². The Hall–Kier alpha value is -1.95. The Morgan fingerprint density at radius 3 is 2.37 bits per heavy atom. The fourth-order valence-electron chi connectivity index (χ4n) is 3.70. The van der Waals surface area contributed by atoms with Crippen molar-refractivity contribution in [2.24, 2.45) is 5.92 Å². The number of aliphatic hydroxyl groups is 1. The molecular weight excluding hydrogens is 358 g/mol. The van der Waals surface area contributed by atoms with E-state index < -0.39 is 22.2 Å². The van der Waals surface area contributed by atoms with Gasteiger partial charge in [0.1, 0.15) is 0 Å². The van der Waals surface area contributed by atoms with Gasteiger partial charge in [-0.2, -0.15) is 4.31 Å². The van der Waals surface area contributed by atoms with Crippen molar-refractivity contribution < 1.29 is 13.5 Å². The zero-order valence-corrected chi connectivity index (χ0v) is 16.5. The first-order valence-corrected chi connectivity index (χ1v) is 10.8. The zero-order chi connectivity index (χ0) is 19.4. The molecule has 3 rings (SSSR count). The molecule has 5 heteroatoms. The number of allylic oxidation sites excluding steroid dienone is 1. The molecule has 0 aliphatic heterocycles. The summed E-state index contributed by atoms with van der Waals surface area (Å²) in [6.07, 6.45) is 3.15. The topological polar surface area (TPSA) is 57.6 Å². The number of rotatable bonds is 6. The van der Waals surface area contributed by atoms with Gasteiger partial charge in [0, 0.05) is 6.54 Å². The lowest BCUT2D eigenvalue weighted by Gasteiger charge is -2.39. The van der Waals surface area contributed by atoms with Crippen LogP contribution in [0.25, 0.3) is 0 Å². The summed E-state index contributed by atoms with van der Waals surface area (Å²) in [4.78, 5) is 0.266. The van der Waals surface area contributed by atoms with E-state index in [9.17, 15) is 13.5 Å². The highest BCUT2D eigenvalue weighted by molar-refractivity contribution is 7.89. The molecule has 3 atom stereocenters. The number of hydrogen-bond donors (Lipinski definition) is 1. The second-order valence-electron chi connectivity index (χ2n) is 7.29. The number of benzene rings is 2. The number of aliphatic hydroxyl groups excluding tert-OH is 1. The predicted molar refractivity (Wildman–Crippen MR) is 108 cm³/mol. The van der Waals surface area contributed by atoms with Crippen molar-refractivity contribution in [3.8, 4) is 0 Å². The third kappa shape index (κ3) is 4.49. The molecule has 1 saturated carbocycles. The van der Waals surface area contributed by atoms with Gasteiger partial charge in [0.2, 0.25) is 10.0 Å². The van der Waals surface area contributed by atoms with Crippen molar-refractivity contribution in [3.63, 3.8) is 0 Å². The Balaban J connectivity index is 1.96. The smallest absolute Gasteiger partial charge is 0.243 e. The van der Waals surface area contributed by atoms with Gasteiger partial charge in [0.15, 0.2) is 0 Å². The summed E-state index contributed by atoms with van der Waals surface area (Å²) in [6.45, 7) is 5.99. The maximum Gasteiger partial charge on any atom is 0.243 e. The summed E-state index contributed by atoms with van der Waals surface area (Å²) in [7, 11) is -3.73. The van der Waals surface area contributed by atoms with Gasteiger partial charge in [-0.25, -0.2) is 8.42 Å². The van der Waals surface area contributed by atoms with Crippen LogP contribution in [0.5, 0.6) is 0 Å². The van der Waals surface area contributed by atoms with Gasteiger partial charge >= 0.3 is 0 Å². The Bertz CT molecular complexity index is 862. The standard InChI is InChI=1S/C22H27NO3S/c1-3-18-11-14-21(22(24)15-18)23(16-19-7-5-4-6-8-19)27(25,26)20-12-9-17(2)10-13-20/h3-10,12-13,18,21-22,24H,1,11,14-16H2,2H3/t18-,21-,22-/m0/s1. The average molecular weight is 386 g/mol. The minimum atomic E-state index is -3.73. The van der Waals surface area contributed by atoms with Gasteiger partial charge in [0.05, 0.1) is 17.0 Å². The molecule has 2 aromatic rings. The molecule has 2 aromatic carbocycles. The maximum atomic E-state index is 13.4. The molecule has 144 valence electrons. The minimum Gasteiger partial charge on any atom is -0.391 e. The van der Waals surface area contributed by atoms with Crippen LogP contribution in [0.15, 0.2) is 72.1 Å². The molecule has 0 amide bonds. The van der Waals surface area contributed by atoms with Crippen molar-refractivity contribution >= 4 is 10.0 Å².